The molecule has 1 aromatic heterocycles. The second kappa shape index (κ2) is 6.78. The molecule has 2 aromatic rings. The van der Waals surface area contributed by atoms with Crippen molar-refractivity contribution in [2.45, 2.75) is 32.9 Å². The van der Waals surface area contributed by atoms with E-state index >= 15 is 0 Å². The summed E-state index contributed by atoms with van der Waals surface area (Å²) < 4.78 is 16.2. The standard InChI is InChI=1S/C14H18ClN3O3/c1-8(16)4-10-5-11(15)14(12(6-10)19-3)20-7-13-18-17-9(2)21-13/h5-6,8H,4,7,16H2,1-3H3. The number of methoxy groups -OCH3 is 1. The van der Waals surface area contributed by atoms with Gasteiger partial charge in [0.2, 0.25) is 5.89 Å². The van der Waals surface area contributed by atoms with E-state index < -0.39 is 0 Å². The summed E-state index contributed by atoms with van der Waals surface area (Å²) in [5.41, 5.74) is 6.79. The molecule has 6 nitrogen and oxygen atoms in total. The van der Waals surface area contributed by atoms with Gasteiger partial charge in [-0.15, -0.1) is 10.2 Å². The van der Waals surface area contributed by atoms with E-state index in [-0.39, 0.29) is 12.6 Å². The number of nitrogens with two attached hydrogens (primary N) is 1. The van der Waals surface area contributed by atoms with Crippen LogP contribution in [-0.4, -0.2) is 23.3 Å². The lowest BCUT2D eigenvalue weighted by molar-refractivity contribution is 0.248. The van der Waals surface area contributed by atoms with E-state index in [4.69, 9.17) is 31.2 Å². The van der Waals surface area contributed by atoms with Gasteiger partial charge in [-0.25, -0.2) is 0 Å². The molecule has 1 aromatic carbocycles. The molecular weight excluding hydrogens is 294 g/mol. The highest BCUT2D eigenvalue weighted by Gasteiger charge is 2.14. The van der Waals surface area contributed by atoms with Crippen LogP contribution in [0.5, 0.6) is 11.5 Å². The molecule has 2 rings (SSSR count). The molecule has 0 radical (unpaired) electrons. The first kappa shape index (κ1) is 15.6. The Morgan fingerprint density at radius 2 is 2.14 bits per heavy atom. The van der Waals surface area contributed by atoms with Crippen molar-refractivity contribution >= 4 is 11.6 Å². The minimum Gasteiger partial charge on any atom is -0.493 e. The fourth-order valence-corrected chi connectivity index (χ4v) is 2.22. The predicted molar refractivity (Wildman–Crippen MR) is 78.7 cm³/mol. The van der Waals surface area contributed by atoms with Crippen molar-refractivity contribution in [2.75, 3.05) is 7.11 Å². The highest BCUT2D eigenvalue weighted by atomic mass is 35.5. The number of aromatic nitrogens is 2. The fraction of sp³-hybridized carbons (Fsp3) is 0.429. The Morgan fingerprint density at radius 1 is 1.38 bits per heavy atom. The molecule has 7 heteroatoms. The van der Waals surface area contributed by atoms with E-state index in [0.717, 1.165) is 5.56 Å². The number of halogens is 1. The smallest absolute Gasteiger partial charge is 0.253 e. The summed E-state index contributed by atoms with van der Waals surface area (Å²) in [6, 6.07) is 3.73. The van der Waals surface area contributed by atoms with Gasteiger partial charge in [-0.3, -0.25) is 0 Å². The van der Waals surface area contributed by atoms with Crippen LogP contribution in [0.25, 0.3) is 0 Å². The van der Waals surface area contributed by atoms with Gasteiger partial charge in [0.1, 0.15) is 0 Å². The van der Waals surface area contributed by atoms with Crippen molar-refractivity contribution in [3.05, 3.63) is 34.5 Å². The van der Waals surface area contributed by atoms with Crippen LogP contribution in [0.1, 0.15) is 24.3 Å². The number of rotatable bonds is 6. The van der Waals surface area contributed by atoms with Crippen LogP contribution in [0.4, 0.5) is 0 Å². The summed E-state index contributed by atoms with van der Waals surface area (Å²) in [6.07, 6.45) is 0.708. The van der Waals surface area contributed by atoms with Crippen LogP contribution in [0, 0.1) is 6.92 Å². The fourth-order valence-electron chi connectivity index (χ4n) is 1.93. The maximum absolute atomic E-state index is 6.26. The lowest BCUT2D eigenvalue weighted by Gasteiger charge is -2.14. The normalized spacial score (nSPS) is 12.2. The van der Waals surface area contributed by atoms with Crippen LogP contribution in [0.3, 0.4) is 0 Å². The zero-order valence-corrected chi connectivity index (χ0v) is 13.0. The molecule has 0 saturated heterocycles. The monoisotopic (exact) mass is 311 g/mol. The number of nitrogens with zero attached hydrogens (tertiary/aromatic N) is 2. The Hall–Kier alpha value is -1.79. The van der Waals surface area contributed by atoms with Crippen LogP contribution in [0.15, 0.2) is 16.5 Å². The quantitative estimate of drug-likeness (QED) is 0.882. The van der Waals surface area contributed by atoms with E-state index in [0.29, 0.717) is 34.7 Å². The molecule has 1 heterocycles. The summed E-state index contributed by atoms with van der Waals surface area (Å²) in [5, 5.41) is 8.06. The highest BCUT2D eigenvalue weighted by Crippen LogP contribution is 2.37. The third kappa shape index (κ3) is 4.09. The van der Waals surface area contributed by atoms with Gasteiger partial charge < -0.3 is 19.6 Å². The maximum Gasteiger partial charge on any atom is 0.253 e. The molecule has 1 unspecified atom stereocenters. The van der Waals surface area contributed by atoms with E-state index in [1.165, 1.54) is 0 Å². The molecule has 0 saturated carbocycles. The highest BCUT2D eigenvalue weighted by molar-refractivity contribution is 6.32. The van der Waals surface area contributed by atoms with Gasteiger partial charge in [-0.1, -0.05) is 11.6 Å². The minimum absolute atomic E-state index is 0.0407. The predicted octanol–water partition coefficient (Wildman–Crippen LogP) is 2.51. The summed E-state index contributed by atoms with van der Waals surface area (Å²) in [4.78, 5) is 0. The Morgan fingerprint density at radius 3 is 2.71 bits per heavy atom. The van der Waals surface area contributed by atoms with E-state index in [9.17, 15) is 0 Å². The summed E-state index contributed by atoms with van der Waals surface area (Å²) >= 11 is 6.26. The molecule has 0 bridgehead atoms. The number of ether oxygens (including phenoxy) is 2. The van der Waals surface area contributed by atoms with Crippen molar-refractivity contribution in [3.8, 4) is 11.5 Å². The molecule has 0 aliphatic rings. The largest absolute Gasteiger partial charge is 0.493 e. The average molecular weight is 312 g/mol. The molecular formula is C14H18ClN3O3. The molecule has 1 atom stereocenters. The lowest BCUT2D eigenvalue weighted by Crippen LogP contribution is -2.17. The van der Waals surface area contributed by atoms with Gasteiger partial charge in [0.25, 0.3) is 5.89 Å². The first-order valence-electron chi connectivity index (χ1n) is 6.53. The second-order valence-electron chi connectivity index (χ2n) is 4.79. The van der Waals surface area contributed by atoms with E-state index in [1.54, 1.807) is 14.0 Å². The van der Waals surface area contributed by atoms with Crippen LogP contribution < -0.4 is 15.2 Å². The van der Waals surface area contributed by atoms with Gasteiger partial charge in [0, 0.05) is 13.0 Å². The third-order valence-corrected chi connectivity index (χ3v) is 3.04. The first-order chi connectivity index (χ1) is 9.99. The lowest BCUT2D eigenvalue weighted by atomic mass is 10.1. The van der Waals surface area contributed by atoms with Crippen molar-refractivity contribution in [1.29, 1.82) is 0 Å². The molecule has 114 valence electrons. The Labute approximate surface area is 128 Å². The van der Waals surface area contributed by atoms with Crippen LogP contribution in [0.2, 0.25) is 5.02 Å². The van der Waals surface area contributed by atoms with Crippen LogP contribution >= 0.6 is 11.6 Å². The van der Waals surface area contributed by atoms with Gasteiger partial charge in [-0.05, 0) is 31.0 Å². The maximum atomic E-state index is 6.26. The number of hydrogen-bond acceptors (Lipinski definition) is 6. The Balaban J connectivity index is 2.18. The molecule has 0 aliphatic heterocycles. The Bertz CT molecular complexity index is 614. The van der Waals surface area contributed by atoms with Crippen LogP contribution in [-0.2, 0) is 13.0 Å². The zero-order valence-electron chi connectivity index (χ0n) is 12.2. The number of hydrogen-bond donors (Lipinski definition) is 1. The number of benzene rings is 1. The van der Waals surface area contributed by atoms with Gasteiger partial charge in [-0.2, -0.15) is 0 Å². The van der Waals surface area contributed by atoms with Crippen molar-refractivity contribution < 1.29 is 13.9 Å². The minimum atomic E-state index is 0.0407. The average Bonchev–Trinajstić information content (AvgIpc) is 2.82. The second-order valence-corrected chi connectivity index (χ2v) is 5.20. The third-order valence-electron chi connectivity index (χ3n) is 2.75. The van der Waals surface area contributed by atoms with Gasteiger partial charge in [0.15, 0.2) is 18.1 Å². The van der Waals surface area contributed by atoms with Crippen molar-refractivity contribution in [2.24, 2.45) is 5.73 Å². The topological polar surface area (TPSA) is 83.4 Å². The van der Waals surface area contributed by atoms with Crippen molar-refractivity contribution in [3.63, 3.8) is 0 Å². The molecule has 0 fully saturated rings. The first-order valence-corrected chi connectivity index (χ1v) is 6.91. The molecule has 0 amide bonds. The van der Waals surface area contributed by atoms with Gasteiger partial charge >= 0.3 is 0 Å². The van der Waals surface area contributed by atoms with E-state index in [2.05, 4.69) is 10.2 Å². The van der Waals surface area contributed by atoms with E-state index in [1.807, 2.05) is 19.1 Å². The SMILES string of the molecule is COc1cc(CC(C)N)cc(Cl)c1OCc1nnc(C)o1. The Kier molecular flexibility index (Phi) is 5.03. The summed E-state index contributed by atoms with van der Waals surface area (Å²) in [7, 11) is 1.56. The summed E-state index contributed by atoms with van der Waals surface area (Å²) in [6.45, 7) is 3.78. The summed E-state index contributed by atoms with van der Waals surface area (Å²) in [5.74, 6) is 1.86. The van der Waals surface area contributed by atoms with Crippen molar-refractivity contribution in [1.82, 2.24) is 10.2 Å². The zero-order chi connectivity index (χ0) is 15.4. The molecule has 21 heavy (non-hydrogen) atoms. The molecule has 0 aliphatic carbocycles. The molecule has 2 N–H and O–H groups in total. The molecule has 0 spiro atoms. The number of aryl methyl sites for hydroxylation is 1. The van der Waals surface area contributed by atoms with Gasteiger partial charge in [0.05, 0.1) is 12.1 Å².